The van der Waals surface area contributed by atoms with Crippen molar-refractivity contribution in [3.8, 4) is 0 Å². The molecular weight excluding hydrogens is 361 g/mol. The summed E-state index contributed by atoms with van der Waals surface area (Å²) in [7, 11) is -3.98. The number of fused-ring (bicyclic) bond motifs is 1. The van der Waals surface area contributed by atoms with E-state index in [2.05, 4.69) is 4.99 Å². The third kappa shape index (κ3) is 2.50. The summed E-state index contributed by atoms with van der Waals surface area (Å²) in [5.41, 5.74) is 4.80. The van der Waals surface area contributed by atoms with E-state index in [4.69, 9.17) is 34.1 Å². The van der Waals surface area contributed by atoms with Gasteiger partial charge in [0.05, 0.1) is 10.6 Å². The van der Waals surface area contributed by atoms with Crippen LogP contribution < -0.4 is 10.9 Å². The Morgan fingerprint density at radius 2 is 1.78 bits per heavy atom. The molecule has 1 aliphatic rings. The molecule has 0 radical (unpaired) electrons. The van der Waals surface area contributed by atoms with Gasteiger partial charge in [-0.15, -0.1) is 0 Å². The molecule has 9 heteroatoms. The van der Waals surface area contributed by atoms with Gasteiger partial charge < -0.3 is 10.8 Å². The number of rotatable bonds is 2. The average molecular weight is 372 g/mol. The third-order valence-corrected chi connectivity index (χ3v) is 5.09. The molecule has 1 unspecified atom stereocenters. The summed E-state index contributed by atoms with van der Waals surface area (Å²) in [5, 5.41) is 16.8. The number of aliphatic imine (C=N–C) groups is 1. The van der Waals surface area contributed by atoms with Crippen LogP contribution in [-0.4, -0.2) is 19.4 Å². The second-order valence-corrected chi connectivity index (χ2v) is 7.46. The fourth-order valence-corrected chi connectivity index (χ4v) is 3.45. The first-order chi connectivity index (χ1) is 10.6. The summed E-state index contributed by atoms with van der Waals surface area (Å²) >= 11 is 12.1. The van der Waals surface area contributed by atoms with Crippen LogP contribution in [0.3, 0.4) is 0 Å². The molecule has 23 heavy (non-hydrogen) atoms. The van der Waals surface area contributed by atoms with E-state index in [1.165, 1.54) is 24.3 Å². The Balaban J connectivity index is 2.31. The van der Waals surface area contributed by atoms with Crippen LogP contribution in [0.1, 0.15) is 11.1 Å². The maximum Gasteiger partial charge on any atom is 0.238 e. The average Bonchev–Trinajstić information content (AvgIpc) is 2.71. The normalized spacial score (nSPS) is 20.3. The lowest BCUT2D eigenvalue weighted by atomic mass is 9.86. The van der Waals surface area contributed by atoms with Crippen molar-refractivity contribution >= 4 is 44.7 Å². The molecule has 0 amide bonds. The van der Waals surface area contributed by atoms with Crippen LogP contribution >= 0.6 is 23.2 Å². The number of halogens is 2. The monoisotopic (exact) mass is 371 g/mol. The van der Waals surface area contributed by atoms with Gasteiger partial charge in [0.2, 0.25) is 10.0 Å². The molecule has 0 aromatic heterocycles. The number of hydrogen-bond donors (Lipinski definition) is 3. The molecule has 1 aliphatic heterocycles. The fraction of sp³-hybridized carbons (Fsp3) is 0.0714. The van der Waals surface area contributed by atoms with Gasteiger partial charge in [0.15, 0.2) is 5.60 Å². The second-order valence-electron chi connectivity index (χ2n) is 5.06. The summed E-state index contributed by atoms with van der Waals surface area (Å²) in [5.74, 6) is -0.136. The quantitative estimate of drug-likeness (QED) is 0.746. The number of primary sulfonamides is 1. The van der Waals surface area contributed by atoms with E-state index in [1.807, 2.05) is 0 Å². The Labute approximate surface area is 142 Å². The van der Waals surface area contributed by atoms with Crippen molar-refractivity contribution in [2.45, 2.75) is 10.5 Å². The number of sulfonamides is 1. The van der Waals surface area contributed by atoms with Gasteiger partial charge >= 0.3 is 0 Å². The molecule has 0 bridgehead atoms. The SMILES string of the molecule is NC1=Nc2ccc(Cl)cc2C1(O)c1cc(S(N)(=O)=O)ccc1Cl. The highest BCUT2D eigenvalue weighted by atomic mass is 35.5. The van der Waals surface area contributed by atoms with E-state index in [1.54, 1.807) is 12.1 Å². The first kappa shape index (κ1) is 16.2. The number of amidine groups is 1. The van der Waals surface area contributed by atoms with E-state index in [0.717, 1.165) is 0 Å². The predicted octanol–water partition coefficient (Wildman–Crippen LogP) is 1.88. The predicted molar refractivity (Wildman–Crippen MR) is 88.6 cm³/mol. The van der Waals surface area contributed by atoms with Crippen molar-refractivity contribution in [1.29, 1.82) is 0 Å². The standard InChI is InChI=1S/C14H11Cl2N3O3S/c15-7-1-4-12-10(5-7)14(20,13(17)19-12)9-6-8(23(18,21)22)2-3-11(9)16/h1-6,20H,(H2,17,19)(H2,18,21,22). The van der Waals surface area contributed by atoms with E-state index >= 15 is 0 Å². The van der Waals surface area contributed by atoms with Gasteiger partial charge in [0, 0.05) is 21.2 Å². The highest BCUT2D eigenvalue weighted by Crippen LogP contribution is 2.45. The Kier molecular flexibility index (Phi) is 3.66. The van der Waals surface area contributed by atoms with E-state index in [9.17, 15) is 13.5 Å². The molecule has 2 aromatic carbocycles. The van der Waals surface area contributed by atoms with Gasteiger partial charge in [-0.2, -0.15) is 0 Å². The number of nitrogens with two attached hydrogens (primary N) is 2. The van der Waals surface area contributed by atoms with Gasteiger partial charge in [-0.25, -0.2) is 18.5 Å². The van der Waals surface area contributed by atoms with Gasteiger partial charge in [0.1, 0.15) is 5.84 Å². The largest absolute Gasteiger partial charge is 0.384 e. The van der Waals surface area contributed by atoms with E-state index in [-0.39, 0.29) is 21.3 Å². The number of benzene rings is 2. The Hall–Kier alpha value is -1.64. The summed E-state index contributed by atoms with van der Waals surface area (Å²) < 4.78 is 23.1. The molecular formula is C14H11Cl2N3O3S. The molecule has 5 N–H and O–H groups in total. The van der Waals surface area contributed by atoms with Crippen LogP contribution in [0.2, 0.25) is 10.0 Å². The maximum absolute atomic E-state index is 11.6. The molecule has 0 saturated heterocycles. The second kappa shape index (κ2) is 5.19. The van der Waals surface area contributed by atoms with Crippen LogP contribution in [0.5, 0.6) is 0 Å². The smallest absolute Gasteiger partial charge is 0.238 e. The molecule has 0 spiro atoms. The number of nitrogens with zero attached hydrogens (tertiary/aromatic N) is 1. The lowest BCUT2D eigenvalue weighted by molar-refractivity contribution is 0.158. The van der Waals surface area contributed by atoms with Crippen LogP contribution in [0.25, 0.3) is 0 Å². The van der Waals surface area contributed by atoms with Crippen molar-refractivity contribution in [3.63, 3.8) is 0 Å². The Morgan fingerprint density at radius 1 is 1.09 bits per heavy atom. The van der Waals surface area contributed by atoms with Gasteiger partial charge in [-0.05, 0) is 36.4 Å². The topological polar surface area (TPSA) is 119 Å². The summed E-state index contributed by atoms with van der Waals surface area (Å²) in [6, 6.07) is 8.44. The highest BCUT2D eigenvalue weighted by Gasteiger charge is 2.44. The number of aliphatic hydroxyl groups is 1. The van der Waals surface area contributed by atoms with Crippen molar-refractivity contribution in [3.05, 3.63) is 57.6 Å². The molecule has 1 atom stereocenters. The molecule has 2 aromatic rings. The lowest BCUT2D eigenvalue weighted by Crippen LogP contribution is -2.40. The summed E-state index contributed by atoms with van der Waals surface area (Å²) in [6.07, 6.45) is 0. The molecule has 120 valence electrons. The Morgan fingerprint density at radius 3 is 2.43 bits per heavy atom. The van der Waals surface area contributed by atoms with Crippen molar-refractivity contribution in [2.75, 3.05) is 0 Å². The number of hydrogen-bond acceptors (Lipinski definition) is 5. The minimum absolute atomic E-state index is 0.0629. The zero-order valence-electron chi connectivity index (χ0n) is 11.5. The fourth-order valence-electron chi connectivity index (χ4n) is 2.49. The highest BCUT2D eigenvalue weighted by molar-refractivity contribution is 7.89. The lowest BCUT2D eigenvalue weighted by Gasteiger charge is -2.26. The minimum atomic E-state index is -3.98. The van der Waals surface area contributed by atoms with Crippen LogP contribution in [0.4, 0.5) is 5.69 Å². The molecule has 0 aliphatic carbocycles. The minimum Gasteiger partial charge on any atom is -0.384 e. The van der Waals surface area contributed by atoms with Gasteiger partial charge in [-0.3, -0.25) is 0 Å². The maximum atomic E-state index is 11.6. The first-order valence-electron chi connectivity index (χ1n) is 6.34. The third-order valence-electron chi connectivity index (χ3n) is 3.62. The van der Waals surface area contributed by atoms with Crippen LogP contribution in [0, 0.1) is 0 Å². The zero-order chi connectivity index (χ0) is 17.0. The summed E-state index contributed by atoms with van der Waals surface area (Å²) in [6.45, 7) is 0. The van der Waals surface area contributed by atoms with Crippen LogP contribution in [-0.2, 0) is 15.6 Å². The molecule has 6 nitrogen and oxygen atoms in total. The van der Waals surface area contributed by atoms with Crippen molar-refractivity contribution in [1.82, 2.24) is 0 Å². The van der Waals surface area contributed by atoms with Crippen molar-refractivity contribution < 1.29 is 13.5 Å². The molecule has 0 fully saturated rings. The van der Waals surface area contributed by atoms with E-state index < -0.39 is 15.6 Å². The van der Waals surface area contributed by atoms with E-state index in [0.29, 0.717) is 16.3 Å². The molecule has 3 rings (SSSR count). The molecule has 1 heterocycles. The van der Waals surface area contributed by atoms with Crippen molar-refractivity contribution in [2.24, 2.45) is 15.9 Å². The summed E-state index contributed by atoms with van der Waals surface area (Å²) in [4.78, 5) is 3.90. The first-order valence-corrected chi connectivity index (χ1v) is 8.64. The molecule has 0 saturated carbocycles. The zero-order valence-corrected chi connectivity index (χ0v) is 13.8. The van der Waals surface area contributed by atoms with Crippen LogP contribution in [0.15, 0.2) is 46.3 Å². The van der Waals surface area contributed by atoms with Gasteiger partial charge in [-0.1, -0.05) is 23.2 Å². The Bertz CT molecular complexity index is 960. The van der Waals surface area contributed by atoms with Gasteiger partial charge in [0.25, 0.3) is 0 Å².